The topological polar surface area (TPSA) is 214 Å². The second kappa shape index (κ2) is 11.7. The third-order valence-corrected chi connectivity index (χ3v) is 10.4. The Bertz CT molecular complexity index is 1910. The first-order valence-corrected chi connectivity index (χ1v) is 16.0. The number of aliphatic carboxylic acids is 1. The zero-order valence-corrected chi connectivity index (χ0v) is 26.0. The largest absolute Gasteiger partial charge is 0.543 e. The van der Waals surface area contributed by atoms with Gasteiger partial charge in [0, 0.05) is 17.6 Å². The highest BCUT2D eigenvalue weighted by molar-refractivity contribution is 8.00. The molecule has 2 aliphatic rings. The molecule has 228 valence electrons. The van der Waals surface area contributed by atoms with E-state index in [1.807, 2.05) is 38.4 Å². The van der Waals surface area contributed by atoms with Crippen LogP contribution in [0.25, 0.3) is 5.65 Å². The Balaban J connectivity index is 1.20. The molecule has 15 nitrogen and oxygen atoms in total. The molecular formula is C25H23ClN10O5S3. The summed E-state index contributed by atoms with van der Waals surface area (Å²) in [5.41, 5.74) is 12.7. The lowest BCUT2D eigenvalue weighted by atomic mass is 9.89. The highest BCUT2D eigenvalue weighted by atomic mass is 35.5. The summed E-state index contributed by atoms with van der Waals surface area (Å²) >= 11 is 9.92. The van der Waals surface area contributed by atoms with Gasteiger partial charge in [0.2, 0.25) is 5.91 Å². The number of carboxylic acid groups (broad SMARTS) is 1. The maximum atomic E-state index is 13.3. The third-order valence-electron chi connectivity index (χ3n) is 7.10. The Hall–Kier alpha value is -4.26. The van der Waals surface area contributed by atoms with Gasteiger partial charge in [0.15, 0.2) is 22.8 Å². The highest BCUT2D eigenvalue weighted by Crippen LogP contribution is 2.45. The Morgan fingerprint density at radius 2 is 2.14 bits per heavy atom. The molecule has 4 aromatic rings. The fourth-order valence-corrected chi connectivity index (χ4v) is 8.28. The molecule has 2 atom stereocenters. The smallest absolute Gasteiger partial charge is 0.307 e. The van der Waals surface area contributed by atoms with E-state index in [2.05, 4.69) is 15.1 Å². The SMILES string of the molecule is CO/N=C(\C(=O)C[C@@H]1C(=O)N2C(C(=O)[O-])=C(Cn3ccc4n3cc[n+]4Cc3nc(C(=N)N)cs3)CS[C@H]12)c1nc(N)sc1Cl. The predicted molar refractivity (Wildman–Crippen MR) is 161 cm³/mol. The van der Waals surface area contributed by atoms with Crippen LogP contribution in [0.5, 0.6) is 0 Å². The second-order valence-corrected chi connectivity index (χ2v) is 13.4. The zero-order valence-electron chi connectivity index (χ0n) is 22.8. The van der Waals surface area contributed by atoms with Crippen molar-refractivity contribution < 1.29 is 28.9 Å². The average Bonchev–Trinajstić information content (AvgIpc) is 3.77. The Kier molecular flexibility index (Phi) is 7.91. The number of β-lactam (4-membered cyclic amide) rings is 1. The predicted octanol–water partition coefficient (Wildman–Crippen LogP) is 0.0545. The van der Waals surface area contributed by atoms with Crippen molar-refractivity contribution in [2.24, 2.45) is 16.8 Å². The first-order valence-electron chi connectivity index (χ1n) is 12.9. The number of halogens is 1. The Morgan fingerprint density at radius 1 is 1.34 bits per heavy atom. The molecule has 4 aromatic heterocycles. The van der Waals surface area contributed by atoms with E-state index >= 15 is 0 Å². The number of fused-ring (bicyclic) bond motifs is 2. The zero-order chi connectivity index (χ0) is 31.3. The van der Waals surface area contributed by atoms with Crippen LogP contribution in [0.3, 0.4) is 0 Å². The number of hydrogen-bond acceptors (Lipinski definition) is 13. The number of carboxylic acids is 1. The minimum atomic E-state index is -1.47. The molecule has 0 radical (unpaired) electrons. The normalized spacial score (nSPS) is 18.5. The monoisotopic (exact) mass is 674 g/mol. The number of amidine groups is 1. The van der Waals surface area contributed by atoms with E-state index in [1.54, 1.807) is 5.38 Å². The quantitative estimate of drug-likeness (QED) is 0.0639. The number of nitrogen functional groups attached to an aromatic ring is 2. The number of thiazole rings is 2. The number of anilines is 1. The fourth-order valence-electron chi connectivity index (χ4n) is 5.16. The standard InChI is InChI=1S/C25H23ClN10O5S3/c1-41-32-17(18-20(26)44-25(29)31-18)14(37)6-12-22(38)36-19(24(39)40)11(9-43-23(12)36)7-34-3-2-16-33(4-5-35(16)34)8-15-30-13(10-42-15)21(27)28/h2-5,10,12,23H,6-9H2,1H3,(H5-,27,28,29,31,39,40)/b32-17+/t12-,23-/m1/s1. The molecule has 19 heteroatoms. The van der Waals surface area contributed by atoms with Gasteiger partial charge >= 0.3 is 5.65 Å². The maximum absolute atomic E-state index is 13.3. The average molecular weight is 675 g/mol. The van der Waals surface area contributed by atoms with E-state index < -0.39 is 29.0 Å². The second-order valence-electron chi connectivity index (χ2n) is 9.76. The number of nitrogens with two attached hydrogens (primary N) is 2. The highest BCUT2D eigenvalue weighted by Gasteiger charge is 2.53. The van der Waals surface area contributed by atoms with Crippen LogP contribution in [0.15, 0.2) is 46.5 Å². The molecule has 6 heterocycles. The van der Waals surface area contributed by atoms with Crippen LogP contribution in [0, 0.1) is 11.3 Å². The number of aromatic nitrogens is 5. The number of thioether (sulfide) groups is 1. The van der Waals surface area contributed by atoms with E-state index in [0.29, 0.717) is 23.6 Å². The van der Waals surface area contributed by atoms with Crippen molar-refractivity contribution in [2.45, 2.75) is 24.9 Å². The lowest BCUT2D eigenvalue weighted by Gasteiger charge is -2.50. The van der Waals surface area contributed by atoms with Crippen LogP contribution < -0.4 is 21.1 Å². The van der Waals surface area contributed by atoms with Crippen molar-refractivity contribution in [1.29, 1.82) is 5.41 Å². The molecule has 0 aliphatic carbocycles. The number of carbonyl (C=O) groups excluding carboxylic acids is 3. The van der Waals surface area contributed by atoms with Crippen molar-refractivity contribution in [3.63, 3.8) is 0 Å². The lowest BCUT2D eigenvalue weighted by molar-refractivity contribution is -0.661. The van der Waals surface area contributed by atoms with Crippen molar-refractivity contribution in [3.8, 4) is 0 Å². The fraction of sp³-hybridized carbons (Fsp3) is 0.280. The molecule has 0 spiro atoms. The molecule has 1 amide bonds. The number of carbonyl (C=O) groups is 3. The van der Waals surface area contributed by atoms with Crippen LogP contribution in [-0.2, 0) is 32.3 Å². The third kappa shape index (κ3) is 5.23. The van der Waals surface area contributed by atoms with Gasteiger partial charge in [-0.05, 0) is 5.57 Å². The molecule has 1 saturated heterocycles. The van der Waals surface area contributed by atoms with E-state index in [4.69, 9.17) is 33.3 Å². The molecule has 6 rings (SSSR count). The van der Waals surface area contributed by atoms with Crippen molar-refractivity contribution in [1.82, 2.24) is 24.1 Å². The van der Waals surface area contributed by atoms with Gasteiger partial charge in [-0.3, -0.25) is 19.9 Å². The molecule has 0 aromatic carbocycles. The molecular weight excluding hydrogens is 652 g/mol. The number of hydrogen-bond donors (Lipinski definition) is 3. The molecule has 44 heavy (non-hydrogen) atoms. The molecule has 0 saturated carbocycles. The Labute approximate surface area is 265 Å². The summed E-state index contributed by atoms with van der Waals surface area (Å²) in [5.74, 6) is -3.07. The van der Waals surface area contributed by atoms with E-state index in [1.165, 1.54) is 35.1 Å². The molecule has 0 bridgehead atoms. The van der Waals surface area contributed by atoms with Crippen LogP contribution in [0.4, 0.5) is 5.13 Å². The first kappa shape index (κ1) is 29.8. The first-order chi connectivity index (χ1) is 21.1. The van der Waals surface area contributed by atoms with Crippen molar-refractivity contribution in [3.05, 3.63) is 62.0 Å². The molecule has 5 N–H and O–H groups in total. The number of nitrogens with one attached hydrogen (secondary N) is 1. The van der Waals surface area contributed by atoms with Gasteiger partial charge in [-0.2, -0.15) is 0 Å². The maximum Gasteiger partial charge on any atom is 0.307 e. The van der Waals surface area contributed by atoms with E-state index in [0.717, 1.165) is 22.0 Å². The summed E-state index contributed by atoms with van der Waals surface area (Å²) in [4.78, 5) is 53.2. The van der Waals surface area contributed by atoms with E-state index in [9.17, 15) is 19.5 Å². The minimum Gasteiger partial charge on any atom is -0.543 e. The van der Waals surface area contributed by atoms with Gasteiger partial charge in [0.05, 0.1) is 41.8 Å². The minimum absolute atomic E-state index is 0.0652. The summed E-state index contributed by atoms with van der Waals surface area (Å²) in [7, 11) is 1.26. The lowest BCUT2D eigenvalue weighted by Crippen LogP contribution is -2.63. The van der Waals surface area contributed by atoms with Crippen LogP contribution >= 0.6 is 46.0 Å². The summed E-state index contributed by atoms with van der Waals surface area (Å²) in [6, 6.07) is 1.88. The summed E-state index contributed by atoms with van der Waals surface area (Å²) in [6.45, 7) is 0.652. The van der Waals surface area contributed by atoms with E-state index in [-0.39, 0.29) is 45.4 Å². The summed E-state index contributed by atoms with van der Waals surface area (Å²) < 4.78 is 5.82. The number of oxime groups is 1. The number of ketones is 1. The molecule has 1 fully saturated rings. The number of rotatable bonds is 11. The van der Waals surface area contributed by atoms with Crippen molar-refractivity contribution >= 4 is 86.0 Å². The Morgan fingerprint density at radius 3 is 2.80 bits per heavy atom. The van der Waals surface area contributed by atoms with Gasteiger partial charge in [-0.1, -0.05) is 28.1 Å². The number of amides is 1. The van der Waals surface area contributed by atoms with Crippen LogP contribution in [0.2, 0.25) is 4.34 Å². The van der Waals surface area contributed by atoms with Crippen LogP contribution in [-0.4, -0.2) is 71.5 Å². The number of Topliss-reactive ketones (excluding diaryl/α,β-unsaturated/α-hetero) is 1. The van der Waals surface area contributed by atoms with Crippen molar-refractivity contribution in [2.75, 3.05) is 18.6 Å². The van der Waals surface area contributed by atoms with Gasteiger partial charge in [0.1, 0.15) is 46.4 Å². The molecule has 2 aliphatic heterocycles. The summed E-state index contributed by atoms with van der Waals surface area (Å²) in [5, 5.41) is 25.7. The summed E-state index contributed by atoms with van der Waals surface area (Å²) in [6.07, 6.45) is 5.28. The van der Waals surface area contributed by atoms with Gasteiger partial charge in [-0.15, -0.1) is 27.6 Å². The van der Waals surface area contributed by atoms with Gasteiger partial charge < -0.3 is 26.2 Å². The van der Waals surface area contributed by atoms with Crippen LogP contribution in [0.1, 0.15) is 22.8 Å². The van der Waals surface area contributed by atoms with Gasteiger partial charge in [-0.25, -0.2) is 19.2 Å². The van der Waals surface area contributed by atoms with Gasteiger partial charge in [0.25, 0.3) is 0 Å². The molecule has 0 unspecified atom stereocenters. The number of nitrogens with zero attached hydrogens (tertiary/aromatic N) is 7. The number of imidazole rings is 1.